The van der Waals surface area contributed by atoms with Crippen LogP contribution in [0.3, 0.4) is 0 Å². The van der Waals surface area contributed by atoms with Gasteiger partial charge in [-0.3, -0.25) is 4.79 Å². The number of thiol groups is 2. The van der Waals surface area contributed by atoms with E-state index in [0.29, 0.717) is 18.8 Å². The second-order valence-electron chi connectivity index (χ2n) is 8.96. The van der Waals surface area contributed by atoms with Crippen LogP contribution in [0.5, 0.6) is 11.5 Å². The van der Waals surface area contributed by atoms with Crippen molar-refractivity contribution in [3.05, 3.63) is 35.9 Å². The van der Waals surface area contributed by atoms with Gasteiger partial charge in [0.05, 0.1) is 16.7 Å². The highest BCUT2D eigenvalue weighted by Crippen LogP contribution is 2.48. The molecule has 2 N–H and O–H groups in total. The lowest BCUT2D eigenvalue weighted by Gasteiger charge is -2.27. The number of benzene rings is 2. The van der Waals surface area contributed by atoms with E-state index in [4.69, 9.17) is 19.3 Å². The average Bonchev–Trinajstić information content (AvgIpc) is 3.27. The van der Waals surface area contributed by atoms with Crippen LogP contribution in [0.15, 0.2) is 45.0 Å². The summed E-state index contributed by atoms with van der Waals surface area (Å²) >= 11 is 8.90. The van der Waals surface area contributed by atoms with Gasteiger partial charge in [-0.05, 0) is 45.7 Å². The van der Waals surface area contributed by atoms with Gasteiger partial charge >= 0.3 is 11.9 Å². The van der Waals surface area contributed by atoms with Crippen molar-refractivity contribution in [3.63, 3.8) is 0 Å². The third-order valence-corrected chi connectivity index (χ3v) is 7.19. The molecular formula is C23H28N2O7S3. The van der Waals surface area contributed by atoms with Crippen molar-refractivity contribution in [2.45, 2.75) is 48.3 Å². The van der Waals surface area contributed by atoms with Gasteiger partial charge in [0, 0.05) is 22.9 Å². The molecule has 1 fully saturated rings. The minimum atomic E-state index is -4.42. The van der Waals surface area contributed by atoms with Crippen molar-refractivity contribution in [1.29, 1.82) is 0 Å². The number of carbonyl (C=O) groups excluding carboxylic acids is 2. The van der Waals surface area contributed by atoms with Gasteiger partial charge in [-0.15, -0.1) is 25.3 Å². The van der Waals surface area contributed by atoms with Crippen LogP contribution in [-0.2, 0) is 24.3 Å². The van der Waals surface area contributed by atoms with E-state index in [1.807, 2.05) is 4.90 Å². The molecule has 2 aromatic rings. The maximum Gasteiger partial charge on any atom is 0.343 e. The van der Waals surface area contributed by atoms with Gasteiger partial charge < -0.3 is 19.1 Å². The predicted molar refractivity (Wildman–Crippen MR) is 136 cm³/mol. The van der Waals surface area contributed by atoms with E-state index in [1.54, 1.807) is 51.1 Å². The zero-order valence-corrected chi connectivity index (χ0v) is 22.2. The molecule has 0 aromatic heterocycles. The maximum atomic E-state index is 13.0. The second-order valence-corrected chi connectivity index (χ2v) is 11.4. The zero-order chi connectivity index (χ0) is 26.0. The van der Waals surface area contributed by atoms with E-state index in [9.17, 15) is 18.0 Å². The Hall–Kier alpha value is -2.41. The Morgan fingerprint density at radius 2 is 1.63 bits per heavy atom. The Labute approximate surface area is 215 Å². The first-order chi connectivity index (χ1) is 16.3. The fraction of sp³-hybridized carbons (Fsp3) is 0.391. The number of primary sulfonamides is 1. The van der Waals surface area contributed by atoms with Crippen LogP contribution in [0.1, 0.15) is 44.0 Å². The smallest absolute Gasteiger partial charge is 0.343 e. The molecule has 0 radical (unpaired) electrons. The lowest BCUT2D eigenvalue weighted by Crippen LogP contribution is -2.26. The number of esters is 2. The number of carbonyl (C=O) groups is 2. The molecule has 190 valence electrons. The number of para-hydroxylation sites is 1. The molecule has 0 spiro atoms. The summed E-state index contributed by atoms with van der Waals surface area (Å²) in [6.07, 6.45) is 1.71. The SMILES string of the molecule is CC(C)(C)C(=O)OCOC(=O)c1c(S)c(N2CCCC2)c(Oc2ccccc2)c(S(N)(=O)=O)c1S. The fourth-order valence-corrected chi connectivity index (χ4v) is 5.47. The first-order valence-electron chi connectivity index (χ1n) is 10.8. The van der Waals surface area contributed by atoms with Gasteiger partial charge in [0.1, 0.15) is 10.6 Å². The zero-order valence-electron chi connectivity index (χ0n) is 19.6. The van der Waals surface area contributed by atoms with E-state index in [0.717, 1.165) is 12.8 Å². The largest absolute Gasteiger partial charge is 0.454 e. The van der Waals surface area contributed by atoms with Gasteiger partial charge in [0.25, 0.3) is 0 Å². The van der Waals surface area contributed by atoms with Crippen LogP contribution in [0.25, 0.3) is 0 Å². The van der Waals surface area contributed by atoms with Gasteiger partial charge in [-0.1, -0.05) is 18.2 Å². The Morgan fingerprint density at radius 3 is 2.17 bits per heavy atom. The van der Waals surface area contributed by atoms with Gasteiger partial charge in [-0.2, -0.15) is 0 Å². The normalized spacial score (nSPS) is 14.1. The molecule has 1 saturated heterocycles. The standard InChI is InChI=1S/C23H28N2O7S3/c1-23(2,3)22(27)31-13-30-21(26)15-18(33)16(25-11-7-8-12-25)17(20(19(15)34)35(24,28)29)32-14-9-5-4-6-10-14/h4-6,9-10,33-34H,7-8,11-13H2,1-3H3,(H2,24,28,29). The molecule has 0 bridgehead atoms. The minimum Gasteiger partial charge on any atom is -0.454 e. The van der Waals surface area contributed by atoms with Crippen molar-refractivity contribution < 1.29 is 32.2 Å². The minimum absolute atomic E-state index is 0.0775. The quantitative estimate of drug-likeness (QED) is 0.273. The summed E-state index contributed by atoms with van der Waals surface area (Å²) in [5.41, 5.74) is -0.736. The monoisotopic (exact) mass is 540 g/mol. The summed E-state index contributed by atoms with van der Waals surface area (Å²) in [5.74, 6) is -1.26. The summed E-state index contributed by atoms with van der Waals surface area (Å²) in [6.45, 7) is 5.48. The molecule has 2 aromatic carbocycles. The summed E-state index contributed by atoms with van der Waals surface area (Å²) in [7, 11) is -4.42. The van der Waals surface area contributed by atoms with Crippen molar-refractivity contribution in [1.82, 2.24) is 0 Å². The Kier molecular flexibility index (Phi) is 8.30. The van der Waals surface area contributed by atoms with E-state index < -0.39 is 39.1 Å². The summed E-state index contributed by atoms with van der Waals surface area (Å²) in [6, 6.07) is 8.56. The van der Waals surface area contributed by atoms with E-state index in [-0.39, 0.29) is 26.8 Å². The predicted octanol–water partition coefficient (Wildman–Crippen LogP) is 4.01. The van der Waals surface area contributed by atoms with Gasteiger partial charge in [-0.25, -0.2) is 18.4 Å². The lowest BCUT2D eigenvalue weighted by molar-refractivity contribution is -0.161. The van der Waals surface area contributed by atoms with Crippen LogP contribution in [0.4, 0.5) is 5.69 Å². The molecule has 1 aliphatic rings. The molecule has 12 heteroatoms. The van der Waals surface area contributed by atoms with Crippen LogP contribution in [0.2, 0.25) is 0 Å². The number of ether oxygens (including phenoxy) is 3. The van der Waals surface area contributed by atoms with Crippen LogP contribution < -0.4 is 14.8 Å². The molecule has 1 heterocycles. The van der Waals surface area contributed by atoms with Crippen molar-refractivity contribution >= 4 is 52.9 Å². The summed E-state index contributed by atoms with van der Waals surface area (Å²) < 4.78 is 41.6. The van der Waals surface area contributed by atoms with Crippen LogP contribution in [0, 0.1) is 5.41 Å². The van der Waals surface area contributed by atoms with Gasteiger partial charge in [0.15, 0.2) is 5.75 Å². The summed E-state index contributed by atoms with van der Waals surface area (Å²) in [4.78, 5) is 26.3. The van der Waals surface area contributed by atoms with Crippen molar-refractivity contribution in [3.8, 4) is 11.5 Å². The molecule has 0 aliphatic carbocycles. The number of nitrogens with two attached hydrogens (primary N) is 1. The molecule has 0 amide bonds. The molecule has 9 nitrogen and oxygen atoms in total. The topological polar surface area (TPSA) is 125 Å². The number of nitrogens with zero attached hydrogens (tertiary/aromatic N) is 1. The number of hydrogen-bond acceptors (Lipinski definition) is 10. The fourth-order valence-electron chi connectivity index (χ4n) is 3.48. The molecule has 35 heavy (non-hydrogen) atoms. The number of anilines is 1. The summed E-state index contributed by atoms with van der Waals surface area (Å²) in [5, 5.41) is 5.56. The number of hydrogen-bond donors (Lipinski definition) is 3. The van der Waals surface area contributed by atoms with Crippen LogP contribution >= 0.6 is 25.3 Å². The first-order valence-corrected chi connectivity index (χ1v) is 13.2. The third kappa shape index (κ3) is 6.24. The van der Waals surface area contributed by atoms with Crippen molar-refractivity contribution in [2.75, 3.05) is 24.8 Å². The molecule has 0 atom stereocenters. The maximum absolute atomic E-state index is 13.0. The molecule has 0 unspecified atom stereocenters. The first kappa shape index (κ1) is 27.2. The van der Waals surface area contributed by atoms with Gasteiger partial charge in [0.2, 0.25) is 16.8 Å². The third-order valence-electron chi connectivity index (χ3n) is 5.20. The number of rotatable bonds is 7. The Morgan fingerprint density at radius 1 is 1.03 bits per heavy atom. The molecule has 1 aliphatic heterocycles. The van der Waals surface area contributed by atoms with E-state index >= 15 is 0 Å². The molecule has 3 rings (SSSR count). The molecular weight excluding hydrogens is 512 g/mol. The lowest BCUT2D eigenvalue weighted by atomic mass is 9.98. The Balaban J connectivity index is 2.12. The van der Waals surface area contributed by atoms with Crippen LogP contribution in [-0.4, -0.2) is 40.2 Å². The highest BCUT2D eigenvalue weighted by atomic mass is 32.2. The highest BCUT2D eigenvalue weighted by Gasteiger charge is 2.35. The second kappa shape index (κ2) is 10.7. The Bertz CT molecular complexity index is 1220. The molecule has 0 saturated carbocycles. The average molecular weight is 541 g/mol. The van der Waals surface area contributed by atoms with Crippen molar-refractivity contribution in [2.24, 2.45) is 10.6 Å². The highest BCUT2D eigenvalue weighted by molar-refractivity contribution is 7.90. The van der Waals surface area contributed by atoms with E-state index in [2.05, 4.69) is 25.3 Å². The number of sulfonamides is 1. The van der Waals surface area contributed by atoms with E-state index in [1.165, 1.54) is 0 Å².